The molecule has 0 spiro atoms. The van der Waals surface area contributed by atoms with E-state index >= 15 is 0 Å². The van der Waals surface area contributed by atoms with Crippen LogP contribution in [0.3, 0.4) is 0 Å². The third-order valence-corrected chi connectivity index (χ3v) is 4.09. The molecule has 0 unspecified atom stereocenters. The maximum atomic E-state index is 12.0. The number of carbonyl (C=O) groups excluding carboxylic acids is 1. The number of nitrogens with one attached hydrogen (secondary N) is 1. The predicted molar refractivity (Wildman–Crippen MR) is 63.1 cm³/mol. The third-order valence-electron chi connectivity index (χ3n) is 4.09. The normalized spacial score (nSPS) is 31.6. The summed E-state index contributed by atoms with van der Waals surface area (Å²) in [7, 11) is 0. The molecule has 2 fully saturated rings. The molecule has 16 heavy (non-hydrogen) atoms. The van der Waals surface area contributed by atoms with Crippen LogP contribution < -0.4 is 5.32 Å². The van der Waals surface area contributed by atoms with E-state index in [0.717, 1.165) is 17.4 Å². The van der Waals surface area contributed by atoms with Gasteiger partial charge in [-0.2, -0.15) is 0 Å². The van der Waals surface area contributed by atoms with E-state index in [-0.39, 0.29) is 5.91 Å². The number of fused-ring (bicyclic) bond motifs is 2. The maximum absolute atomic E-state index is 12.0. The summed E-state index contributed by atoms with van der Waals surface area (Å²) in [5.74, 6) is 1.72. The van der Waals surface area contributed by atoms with Gasteiger partial charge in [0.25, 0.3) is 5.91 Å². The zero-order valence-corrected chi connectivity index (χ0v) is 9.36. The number of rotatable bonds is 2. The Balaban J connectivity index is 1.65. The van der Waals surface area contributed by atoms with Crippen molar-refractivity contribution in [3.8, 4) is 0 Å². The van der Waals surface area contributed by atoms with E-state index in [1.165, 1.54) is 25.7 Å². The first kappa shape index (κ1) is 9.88. The minimum atomic E-state index is 0.0955. The molecule has 1 amide bonds. The van der Waals surface area contributed by atoms with Crippen molar-refractivity contribution in [3.05, 3.63) is 35.9 Å². The lowest BCUT2D eigenvalue weighted by Crippen LogP contribution is -2.38. The molecule has 2 aliphatic rings. The van der Waals surface area contributed by atoms with Gasteiger partial charge in [0.1, 0.15) is 0 Å². The molecule has 2 bridgehead atoms. The molecule has 0 aliphatic heterocycles. The van der Waals surface area contributed by atoms with Gasteiger partial charge in [0.2, 0.25) is 0 Å². The van der Waals surface area contributed by atoms with Crippen LogP contribution in [-0.2, 0) is 0 Å². The highest BCUT2D eigenvalue weighted by Gasteiger charge is 2.40. The molecule has 3 atom stereocenters. The highest BCUT2D eigenvalue weighted by Crippen LogP contribution is 2.44. The molecule has 0 radical (unpaired) electrons. The van der Waals surface area contributed by atoms with E-state index in [0.29, 0.717) is 6.04 Å². The zero-order chi connectivity index (χ0) is 11.0. The van der Waals surface area contributed by atoms with Crippen LogP contribution in [0.15, 0.2) is 30.3 Å². The summed E-state index contributed by atoms with van der Waals surface area (Å²) in [4.78, 5) is 12.0. The van der Waals surface area contributed by atoms with Crippen molar-refractivity contribution in [1.29, 1.82) is 0 Å². The fourth-order valence-corrected chi connectivity index (χ4v) is 3.26. The number of benzene rings is 1. The molecule has 1 aromatic carbocycles. The third kappa shape index (κ3) is 1.73. The summed E-state index contributed by atoms with van der Waals surface area (Å²) in [6.45, 7) is 0. The van der Waals surface area contributed by atoms with Crippen LogP contribution in [0.25, 0.3) is 0 Å². The predicted octanol–water partition coefficient (Wildman–Crippen LogP) is 2.61. The van der Waals surface area contributed by atoms with Gasteiger partial charge in [-0.25, -0.2) is 0 Å². The lowest BCUT2D eigenvalue weighted by atomic mass is 9.95. The minimum Gasteiger partial charge on any atom is -0.349 e. The Morgan fingerprint density at radius 3 is 2.56 bits per heavy atom. The molecule has 2 heteroatoms. The SMILES string of the molecule is O=C(N[C@H]1C[C@@H]2CC[C@@H]1C2)c1ccccc1. The van der Waals surface area contributed by atoms with Crippen LogP contribution in [0.2, 0.25) is 0 Å². The van der Waals surface area contributed by atoms with Crippen molar-refractivity contribution in [2.75, 3.05) is 0 Å². The summed E-state index contributed by atoms with van der Waals surface area (Å²) in [6.07, 6.45) is 5.22. The van der Waals surface area contributed by atoms with E-state index < -0.39 is 0 Å². The molecule has 1 N–H and O–H groups in total. The van der Waals surface area contributed by atoms with Gasteiger partial charge in [0.15, 0.2) is 0 Å². The van der Waals surface area contributed by atoms with Crippen LogP contribution in [0, 0.1) is 11.8 Å². The summed E-state index contributed by atoms with van der Waals surface area (Å²) in [6, 6.07) is 9.96. The first-order valence-electron chi connectivity index (χ1n) is 6.19. The molecule has 0 aromatic heterocycles. The highest BCUT2D eigenvalue weighted by molar-refractivity contribution is 5.94. The minimum absolute atomic E-state index is 0.0955. The molecule has 0 saturated heterocycles. The van der Waals surface area contributed by atoms with Crippen LogP contribution >= 0.6 is 0 Å². The van der Waals surface area contributed by atoms with Crippen LogP contribution in [0.5, 0.6) is 0 Å². The molecule has 2 nitrogen and oxygen atoms in total. The maximum Gasteiger partial charge on any atom is 0.251 e. The molecule has 1 aromatic rings. The Bertz CT molecular complexity index is 387. The fraction of sp³-hybridized carbons (Fsp3) is 0.500. The summed E-state index contributed by atoms with van der Waals surface area (Å²) >= 11 is 0. The van der Waals surface area contributed by atoms with Crippen molar-refractivity contribution in [3.63, 3.8) is 0 Å². The largest absolute Gasteiger partial charge is 0.349 e. The molecule has 0 heterocycles. The molecular weight excluding hydrogens is 198 g/mol. The standard InChI is InChI=1S/C14H17NO/c16-14(11-4-2-1-3-5-11)15-13-9-10-6-7-12(13)8-10/h1-5,10,12-13H,6-9H2,(H,15,16)/t10-,12-,13+/m1/s1. The average molecular weight is 215 g/mol. The lowest BCUT2D eigenvalue weighted by molar-refractivity contribution is 0.0923. The lowest BCUT2D eigenvalue weighted by Gasteiger charge is -2.22. The van der Waals surface area contributed by atoms with Crippen molar-refractivity contribution >= 4 is 5.91 Å². The van der Waals surface area contributed by atoms with Gasteiger partial charge in [-0.05, 0) is 43.2 Å². The number of hydrogen-bond acceptors (Lipinski definition) is 1. The second-order valence-electron chi connectivity index (χ2n) is 5.12. The quantitative estimate of drug-likeness (QED) is 0.807. The smallest absolute Gasteiger partial charge is 0.251 e. The highest BCUT2D eigenvalue weighted by atomic mass is 16.1. The molecule has 3 rings (SSSR count). The first-order chi connectivity index (χ1) is 7.83. The fourth-order valence-electron chi connectivity index (χ4n) is 3.26. The second kappa shape index (κ2) is 3.93. The summed E-state index contributed by atoms with van der Waals surface area (Å²) < 4.78 is 0. The molecule has 2 saturated carbocycles. The first-order valence-corrected chi connectivity index (χ1v) is 6.19. The van der Waals surface area contributed by atoms with Gasteiger partial charge in [0, 0.05) is 11.6 Å². The van der Waals surface area contributed by atoms with Crippen molar-refractivity contribution in [2.24, 2.45) is 11.8 Å². The van der Waals surface area contributed by atoms with Crippen LogP contribution in [0.1, 0.15) is 36.0 Å². The van der Waals surface area contributed by atoms with E-state index in [9.17, 15) is 4.79 Å². The Kier molecular flexibility index (Phi) is 2.43. The van der Waals surface area contributed by atoms with Crippen molar-refractivity contribution in [1.82, 2.24) is 5.32 Å². The summed E-state index contributed by atoms with van der Waals surface area (Å²) in [5.41, 5.74) is 0.783. The van der Waals surface area contributed by atoms with E-state index in [1.54, 1.807) is 0 Å². The van der Waals surface area contributed by atoms with Gasteiger partial charge in [-0.1, -0.05) is 24.6 Å². The van der Waals surface area contributed by atoms with Crippen molar-refractivity contribution < 1.29 is 4.79 Å². The van der Waals surface area contributed by atoms with Gasteiger partial charge >= 0.3 is 0 Å². The van der Waals surface area contributed by atoms with Crippen LogP contribution in [0.4, 0.5) is 0 Å². The van der Waals surface area contributed by atoms with E-state index in [1.807, 2.05) is 30.3 Å². The average Bonchev–Trinajstić information content (AvgIpc) is 2.92. The van der Waals surface area contributed by atoms with Gasteiger partial charge < -0.3 is 5.32 Å². The molecule has 84 valence electrons. The Morgan fingerprint density at radius 1 is 1.12 bits per heavy atom. The number of amides is 1. The second-order valence-corrected chi connectivity index (χ2v) is 5.12. The van der Waals surface area contributed by atoms with Crippen LogP contribution in [-0.4, -0.2) is 11.9 Å². The Labute approximate surface area is 96.1 Å². The number of carbonyl (C=O) groups is 1. The van der Waals surface area contributed by atoms with Gasteiger partial charge in [-0.3, -0.25) is 4.79 Å². The number of hydrogen-bond donors (Lipinski definition) is 1. The monoisotopic (exact) mass is 215 g/mol. The zero-order valence-electron chi connectivity index (χ0n) is 9.36. The van der Waals surface area contributed by atoms with Crippen molar-refractivity contribution in [2.45, 2.75) is 31.7 Å². The Morgan fingerprint density at radius 2 is 1.94 bits per heavy atom. The Hall–Kier alpha value is -1.31. The van der Waals surface area contributed by atoms with Gasteiger partial charge in [-0.15, -0.1) is 0 Å². The molecule has 2 aliphatic carbocycles. The topological polar surface area (TPSA) is 29.1 Å². The van der Waals surface area contributed by atoms with E-state index in [4.69, 9.17) is 0 Å². The van der Waals surface area contributed by atoms with E-state index in [2.05, 4.69) is 5.32 Å². The summed E-state index contributed by atoms with van der Waals surface area (Å²) in [5, 5.41) is 3.19. The molecular formula is C14H17NO. The van der Waals surface area contributed by atoms with Gasteiger partial charge in [0.05, 0.1) is 0 Å².